The summed E-state index contributed by atoms with van der Waals surface area (Å²) in [5.74, 6) is 0.662. The van der Waals surface area contributed by atoms with E-state index in [0.29, 0.717) is 5.92 Å². The molecule has 1 aromatic carbocycles. The Morgan fingerprint density at radius 2 is 1.79 bits per heavy atom. The lowest BCUT2D eigenvalue weighted by molar-refractivity contribution is 0.120. The molecule has 2 heteroatoms. The van der Waals surface area contributed by atoms with Gasteiger partial charge in [0.05, 0.1) is 0 Å². The molecule has 2 saturated heterocycles. The first-order valence-electron chi connectivity index (χ1n) is 7.61. The number of rotatable bonds is 2. The van der Waals surface area contributed by atoms with Crippen molar-refractivity contribution in [3.63, 3.8) is 0 Å². The first kappa shape index (κ1) is 13.1. The van der Waals surface area contributed by atoms with E-state index in [1.165, 1.54) is 42.4 Å². The van der Waals surface area contributed by atoms with Crippen LogP contribution in [0, 0.1) is 19.8 Å². The molecule has 1 aromatic rings. The molecule has 2 N–H and O–H groups in total. The molecule has 2 heterocycles. The van der Waals surface area contributed by atoms with Gasteiger partial charge in [-0.3, -0.25) is 0 Å². The summed E-state index contributed by atoms with van der Waals surface area (Å²) in [6.45, 7) is 4.35. The summed E-state index contributed by atoms with van der Waals surface area (Å²) in [6, 6.07) is 8.48. The van der Waals surface area contributed by atoms with Crippen LogP contribution in [-0.4, -0.2) is 24.0 Å². The highest BCUT2D eigenvalue weighted by atomic mass is 15.2. The van der Waals surface area contributed by atoms with Gasteiger partial charge in [-0.05, 0) is 63.6 Å². The van der Waals surface area contributed by atoms with Crippen molar-refractivity contribution in [3.05, 3.63) is 34.9 Å². The Morgan fingerprint density at radius 3 is 2.37 bits per heavy atom. The van der Waals surface area contributed by atoms with Gasteiger partial charge in [-0.25, -0.2) is 0 Å². The second-order valence-electron chi connectivity index (χ2n) is 6.67. The lowest BCUT2D eigenvalue weighted by Crippen LogP contribution is -2.42. The van der Waals surface area contributed by atoms with Crippen molar-refractivity contribution in [1.82, 2.24) is 4.90 Å². The van der Waals surface area contributed by atoms with Crippen LogP contribution in [0.5, 0.6) is 0 Å². The van der Waals surface area contributed by atoms with E-state index in [0.717, 1.165) is 12.1 Å². The topological polar surface area (TPSA) is 29.3 Å². The quantitative estimate of drug-likeness (QED) is 0.883. The van der Waals surface area contributed by atoms with E-state index in [2.05, 4.69) is 44.0 Å². The average molecular weight is 258 g/mol. The predicted octanol–water partition coefficient (Wildman–Crippen LogP) is 3.18. The van der Waals surface area contributed by atoms with Gasteiger partial charge in [0.1, 0.15) is 0 Å². The summed E-state index contributed by atoms with van der Waals surface area (Å²) in [6.07, 6.45) is 5.30. The zero-order valence-corrected chi connectivity index (χ0v) is 12.4. The van der Waals surface area contributed by atoms with E-state index < -0.39 is 0 Å². The molecule has 0 amide bonds. The fourth-order valence-corrected chi connectivity index (χ4v) is 4.20. The molecule has 0 spiro atoms. The minimum absolute atomic E-state index is 0.220. The molecule has 3 rings (SSSR count). The highest BCUT2D eigenvalue weighted by Gasteiger charge is 2.40. The molecule has 104 valence electrons. The van der Waals surface area contributed by atoms with Gasteiger partial charge < -0.3 is 10.6 Å². The molecule has 3 unspecified atom stereocenters. The van der Waals surface area contributed by atoms with Crippen LogP contribution in [0.3, 0.4) is 0 Å². The largest absolute Gasteiger partial charge is 0.324 e. The molecule has 2 aliphatic heterocycles. The molecule has 19 heavy (non-hydrogen) atoms. The number of aryl methyl sites for hydroxylation is 2. The van der Waals surface area contributed by atoms with Gasteiger partial charge in [-0.2, -0.15) is 0 Å². The third kappa shape index (κ3) is 2.32. The van der Waals surface area contributed by atoms with Crippen LogP contribution in [0.25, 0.3) is 0 Å². The molecule has 0 aliphatic carbocycles. The number of piperidine rings is 1. The lowest BCUT2D eigenvalue weighted by Gasteiger charge is -2.39. The maximum absolute atomic E-state index is 6.60. The Bertz CT molecular complexity index is 454. The van der Waals surface area contributed by atoms with Crippen LogP contribution >= 0.6 is 0 Å². The van der Waals surface area contributed by atoms with Crippen molar-refractivity contribution < 1.29 is 0 Å². The molecule has 2 aliphatic rings. The fourth-order valence-electron chi connectivity index (χ4n) is 4.20. The summed E-state index contributed by atoms with van der Waals surface area (Å²) < 4.78 is 0. The summed E-state index contributed by atoms with van der Waals surface area (Å²) in [7, 11) is 2.29. The summed E-state index contributed by atoms with van der Waals surface area (Å²) >= 11 is 0. The highest BCUT2D eigenvalue weighted by molar-refractivity contribution is 5.33. The number of nitrogens with two attached hydrogens (primary N) is 1. The first-order chi connectivity index (χ1) is 9.06. The Kier molecular flexibility index (Phi) is 3.40. The summed E-state index contributed by atoms with van der Waals surface area (Å²) in [5.41, 5.74) is 10.7. The molecule has 0 radical (unpaired) electrons. The monoisotopic (exact) mass is 258 g/mol. The van der Waals surface area contributed by atoms with E-state index in [-0.39, 0.29) is 6.04 Å². The molecule has 3 atom stereocenters. The Hall–Kier alpha value is -0.860. The second kappa shape index (κ2) is 4.92. The maximum atomic E-state index is 6.60. The van der Waals surface area contributed by atoms with E-state index in [1.54, 1.807) is 0 Å². The smallest absolute Gasteiger partial charge is 0.0327 e. The van der Waals surface area contributed by atoms with Crippen molar-refractivity contribution in [3.8, 4) is 0 Å². The predicted molar refractivity (Wildman–Crippen MR) is 80.1 cm³/mol. The zero-order chi connectivity index (χ0) is 13.6. The molecular formula is C17H26N2. The van der Waals surface area contributed by atoms with Crippen molar-refractivity contribution in [2.75, 3.05) is 7.05 Å². The third-order valence-electron chi connectivity index (χ3n) is 5.43. The van der Waals surface area contributed by atoms with Gasteiger partial charge in [0.15, 0.2) is 0 Å². The SMILES string of the molecule is Cc1ccc(C(N)C2CC3CCC(C2)N3C)c(C)c1. The number of nitrogens with zero attached hydrogens (tertiary/aromatic N) is 1. The van der Waals surface area contributed by atoms with Crippen LogP contribution in [-0.2, 0) is 0 Å². The van der Waals surface area contributed by atoms with Gasteiger partial charge in [-0.1, -0.05) is 23.8 Å². The minimum Gasteiger partial charge on any atom is -0.324 e. The molecular weight excluding hydrogens is 232 g/mol. The van der Waals surface area contributed by atoms with E-state index in [4.69, 9.17) is 5.73 Å². The molecule has 2 bridgehead atoms. The number of fused-ring (bicyclic) bond motifs is 2. The van der Waals surface area contributed by atoms with Crippen molar-refractivity contribution in [1.29, 1.82) is 0 Å². The second-order valence-corrected chi connectivity index (χ2v) is 6.67. The van der Waals surface area contributed by atoms with Gasteiger partial charge in [0, 0.05) is 18.1 Å². The number of benzene rings is 1. The molecule has 0 aromatic heterocycles. The first-order valence-corrected chi connectivity index (χ1v) is 7.61. The van der Waals surface area contributed by atoms with E-state index in [9.17, 15) is 0 Å². The minimum atomic E-state index is 0.220. The van der Waals surface area contributed by atoms with Crippen molar-refractivity contribution >= 4 is 0 Å². The van der Waals surface area contributed by atoms with Crippen LogP contribution in [0.2, 0.25) is 0 Å². The molecule has 2 fully saturated rings. The summed E-state index contributed by atoms with van der Waals surface area (Å²) in [5, 5.41) is 0. The van der Waals surface area contributed by atoms with Gasteiger partial charge in [0.2, 0.25) is 0 Å². The normalized spacial score (nSPS) is 32.5. The van der Waals surface area contributed by atoms with Crippen LogP contribution < -0.4 is 5.73 Å². The maximum Gasteiger partial charge on any atom is 0.0327 e. The Morgan fingerprint density at radius 1 is 1.16 bits per heavy atom. The zero-order valence-electron chi connectivity index (χ0n) is 12.4. The Labute approximate surface area is 117 Å². The average Bonchev–Trinajstić information content (AvgIpc) is 2.61. The Balaban J connectivity index is 1.79. The summed E-state index contributed by atoms with van der Waals surface area (Å²) in [4.78, 5) is 2.59. The van der Waals surface area contributed by atoms with Crippen LogP contribution in [0.4, 0.5) is 0 Å². The number of hydrogen-bond acceptors (Lipinski definition) is 2. The lowest BCUT2D eigenvalue weighted by atomic mass is 9.81. The molecule has 0 saturated carbocycles. The molecule has 2 nitrogen and oxygen atoms in total. The standard InChI is InChI=1S/C17H26N2/c1-11-4-7-16(12(2)8-11)17(18)13-9-14-5-6-15(10-13)19(14)3/h4,7-8,13-15,17H,5-6,9-10,18H2,1-3H3. The van der Waals surface area contributed by atoms with Crippen molar-refractivity contribution in [2.24, 2.45) is 11.7 Å². The van der Waals surface area contributed by atoms with Crippen LogP contribution in [0.1, 0.15) is 48.4 Å². The van der Waals surface area contributed by atoms with Gasteiger partial charge in [0.25, 0.3) is 0 Å². The van der Waals surface area contributed by atoms with Gasteiger partial charge >= 0.3 is 0 Å². The van der Waals surface area contributed by atoms with E-state index in [1.807, 2.05) is 0 Å². The fraction of sp³-hybridized carbons (Fsp3) is 0.647. The van der Waals surface area contributed by atoms with Crippen LogP contribution in [0.15, 0.2) is 18.2 Å². The van der Waals surface area contributed by atoms with E-state index >= 15 is 0 Å². The van der Waals surface area contributed by atoms with Gasteiger partial charge in [-0.15, -0.1) is 0 Å². The number of hydrogen-bond donors (Lipinski definition) is 1. The highest BCUT2D eigenvalue weighted by Crippen LogP contribution is 2.42. The third-order valence-corrected chi connectivity index (χ3v) is 5.43. The van der Waals surface area contributed by atoms with Crippen molar-refractivity contribution in [2.45, 2.75) is 57.7 Å².